The third-order valence-corrected chi connectivity index (χ3v) is 3.07. The highest BCUT2D eigenvalue weighted by atomic mass is 32.1. The van der Waals surface area contributed by atoms with Crippen molar-refractivity contribution in [1.29, 1.82) is 0 Å². The smallest absolute Gasteiger partial charge is 0.273 e. The molecule has 0 atom stereocenters. The van der Waals surface area contributed by atoms with E-state index in [9.17, 15) is 4.79 Å². The highest BCUT2D eigenvalue weighted by molar-refractivity contribution is 7.10. The molecule has 1 amide bonds. The molecule has 0 fully saturated rings. The summed E-state index contributed by atoms with van der Waals surface area (Å²) in [7, 11) is 0. The minimum Gasteiger partial charge on any atom is -0.364 e. The Hall–Kier alpha value is -2.10. The van der Waals surface area contributed by atoms with Crippen LogP contribution < -0.4 is 11.1 Å². The molecule has 0 aromatic carbocycles. The van der Waals surface area contributed by atoms with Crippen LogP contribution >= 0.6 is 11.3 Å². The Labute approximate surface area is 108 Å². The minimum absolute atomic E-state index is 0.265. The maximum Gasteiger partial charge on any atom is 0.273 e. The first-order valence-corrected chi connectivity index (χ1v) is 6.13. The Bertz CT molecular complexity index is 578. The van der Waals surface area contributed by atoms with Gasteiger partial charge in [0.15, 0.2) is 5.69 Å². The molecule has 0 aliphatic rings. The number of thiophene rings is 1. The molecule has 0 saturated heterocycles. The lowest BCUT2D eigenvalue weighted by molar-refractivity contribution is 0.0942. The quantitative estimate of drug-likeness (QED) is 0.807. The summed E-state index contributed by atoms with van der Waals surface area (Å²) in [5.41, 5.74) is 6.48. The van der Waals surface area contributed by atoms with Crippen LogP contribution in [-0.2, 0) is 6.54 Å². The number of hydrogen-bond donors (Lipinski definition) is 2. The molecule has 2 aromatic heterocycles. The Kier molecular flexibility index (Phi) is 4.12. The van der Waals surface area contributed by atoms with E-state index in [0.29, 0.717) is 13.1 Å². The van der Waals surface area contributed by atoms with Gasteiger partial charge in [-0.25, -0.2) is 0 Å². The molecule has 0 aliphatic heterocycles. The average Bonchev–Trinajstić information content (AvgIpc) is 3.04. The van der Waals surface area contributed by atoms with Crippen LogP contribution in [0, 0.1) is 11.8 Å². The molecule has 0 spiro atoms. The van der Waals surface area contributed by atoms with Gasteiger partial charge >= 0.3 is 0 Å². The van der Waals surface area contributed by atoms with E-state index in [0.717, 1.165) is 10.4 Å². The first kappa shape index (κ1) is 12.4. The number of carbonyl (C=O) groups excluding carboxylic acids is 1. The van der Waals surface area contributed by atoms with Crippen molar-refractivity contribution in [1.82, 2.24) is 10.5 Å². The van der Waals surface area contributed by atoms with Gasteiger partial charge in [-0.15, -0.1) is 11.3 Å². The fourth-order valence-corrected chi connectivity index (χ4v) is 2.09. The van der Waals surface area contributed by atoms with Gasteiger partial charge in [0.05, 0.1) is 13.1 Å². The fraction of sp³-hybridized carbons (Fsp3) is 0.167. The second-order valence-corrected chi connectivity index (χ2v) is 4.33. The van der Waals surface area contributed by atoms with Gasteiger partial charge in [-0.2, -0.15) is 0 Å². The molecular weight excluding hydrogens is 250 g/mol. The second kappa shape index (κ2) is 6.00. The third-order valence-electron chi connectivity index (χ3n) is 2.15. The van der Waals surface area contributed by atoms with Gasteiger partial charge < -0.3 is 15.6 Å². The van der Waals surface area contributed by atoms with Crippen LogP contribution in [0.15, 0.2) is 28.3 Å². The molecule has 0 unspecified atom stereocenters. The maximum atomic E-state index is 11.6. The van der Waals surface area contributed by atoms with Crippen LogP contribution in [0.3, 0.4) is 0 Å². The summed E-state index contributed by atoms with van der Waals surface area (Å²) in [5, 5.41) is 8.24. The number of carbonyl (C=O) groups is 1. The molecule has 2 aromatic rings. The number of nitrogens with zero attached hydrogens (tertiary/aromatic N) is 1. The summed E-state index contributed by atoms with van der Waals surface area (Å²) in [5.74, 6) is 5.48. The Balaban J connectivity index is 1.98. The summed E-state index contributed by atoms with van der Waals surface area (Å²) in [6, 6.07) is 3.42. The summed E-state index contributed by atoms with van der Waals surface area (Å²) in [6.45, 7) is 0.735. The molecule has 0 saturated carbocycles. The second-order valence-electron chi connectivity index (χ2n) is 3.33. The van der Waals surface area contributed by atoms with Crippen molar-refractivity contribution in [2.75, 3.05) is 6.54 Å². The topological polar surface area (TPSA) is 81.1 Å². The molecule has 92 valence electrons. The van der Waals surface area contributed by atoms with Gasteiger partial charge in [-0.05, 0) is 11.4 Å². The largest absolute Gasteiger partial charge is 0.364 e. The lowest BCUT2D eigenvalue weighted by atomic mass is 10.2. The van der Waals surface area contributed by atoms with Gasteiger partial charge in [0.25, 0.3) is 5.91 Å². The van der Waals surface area contributed by atoms with Crippen molar-refractivity contribution < 1.29 is 9.32 Å². The molecular formula is C12H11N3O2S. The maximum absolute atomic E-state index is 11.6. The normalized spacial score (nSPS) is 9.61. The molecule has 3 N–H and O–H groups in total. The Morgan fingerprint density at radius 2 is 2.44 bits per heavy atom. The van der Waals surface area contributed by atoms with Gasteiger partial charge in [-0.1, -0.05) is 17.0 Å². The zero-order valence-electron chi connectivity index (χ0n) is 9.47. The first-order chi connectivity index (χ1) is 8.81. The number of aromatic nitrogens is 1. The van der Waals surface area contributed by atoms with Crippen molar-refractivity contribution in [2.24, 2.45) is 5.73 Å². The van der Waals surface area contributed by atoms with E-state index >= 15 is 0 Å². The van der Waals surface area contributed by atoms with E-state index in [2.05, 4.69) is 26.8 Å². The van der Waals surface area contributed by atoms with E-state index in [1.54, 1.807) is 0 Å². The standard InChI is InChI=1S/C12H11N3O2S/c13-5-1-2-9-4-7-18-11(9)8-14-12(16)10-3-6-17-15-10/h3-4,6-7H,5,8,13H2,(H,14,16). The summed E-state index contributed by atoms with van der Waals surface area (Å²) >= 11 is 1.54. The number of amides is 1. The van der Waals surface area contributed by atoms with Crippen molar-refractivity contribution >= 4 is 17.2 Å². The molecule has 0 radical (unpaired) electrons. The first-order valence-electron chi connectivity index (χ1n) is 5.25. The van der Waals surface area contributed by atoms with Crippen molar-refractivity contribution in [3.05, 3.63) is 39.9 Å². The summed E-state index contributed by atoms with van der Waals surface area (Å²) in [6.07, 6.45) is 1.36. The van der Waals surface area contributed by atoms with Gasteiger partial charge in [0.1, 0.15) is 6.26 Å². The summed E-state index contributed by atoms with van der Waals surface area (Å²) in [4.78, 5) is 12.6. The predicted octanol–water partition coefficient (Wildman–Crippen LogP) is 0.976. The molecule has 2 rings (SSSR count). The van der Waals surface area contributed by atoms with Crippen molar-refractivity contribution in [2.45, 2.75) is 6.54 Å². The van der Waals surface area contributed by atoms with Gasteiger partial charge in [0.2, 0.25) is 0 Å². The van der Waals surface area contributed by atoms with E-state index in [1.807, 2.05) is 11.4 Å². The molecule has 0 aliphatic carbocycles. The zero-order valence-corrected chi connectivity index (χ0v) is 10.3. The number of hydrogen-bond acceptors (Lipinski definition) is 5. The van der Waals surface area contributed by atoms with Crippen LogP contribution in [0.25, 0.3) is 0 Å². The van der Waals surface area contributed by atoms with Crippen LogP contribution in [0.5, 0.6) is 0 Å². The molecule has 5 nitrogen and oxygen atoms in total. The fourth-order valence-electron chi connectivity index (χ4n) is 1.32. The highest BCUT2D eigenvalue weighted by Crippen LogP contribution is 2.15. The SMILES string of the molecule is NCC#Cc1ccsc1CNC(=O)c1ccon1. The van der Waals surface area contributed by atoms with Crippen LogP contribution in [0.2, 0.25) is 0 Å². The Morgan fingerprint density at radius 3 is 3.17 bits per heavy atom. The van der Waals surface area contributed by atoms with E-state index < -0.39 is 0 Å². The van der Waals surface area contributed by atoms with E-state index in [4.69, 9.17) is 5.73 Å². The van der Waals surface area contributed by atoms with Crippen molar-refractivity contribution in [3.63, 3.8) is 0 Å². The Morgan fingerprint density at radius 1 is 1.56 bits per heavy atom. The van der Waals surface area contributed by atoms with Gasteiger partial charge in [-0.3, -0.25) is 4.79 Å². The number of nitrogens with one attached hydrogen (secondary N) is 1. The highest BCUT2D eigenvalue weighted by Gasteiger charge is 2.09. The third kappa shape index (κ3) is 2.97. The predicted molar refractivity (Wildman–Crippen MR) is 67.9 cm³/mol. The lowest BCUT2D eigenvalue weighted by Gasteiger charge is -2.01. The molecule has 2 heterocycles. The van der Waals surface area contributed by atoms with Crippen LogP contribution in [-0.4, -0.2) is 17.6 Å². The lowest BCUT2D eigenvalue weighted by Crippen LogP contribution is -2.22. The zero-order chi connectivity index (χ0) is 12.8. The van der Waals surface area contributed by atoms with Crippen LogP contribution in [0.1, 0.15) is 20.9 Å². The van der Waals surface area contributed by atoms with Crippen molar-refractivity contribution in [3.8, 4) is 11.8 Å². The van der Waals surface area contributed by atoms with Crippen LogP contribution in [0.4, 0.5) is 0 Å². The van der Waals surface area contributed by atoms with E-state index in [-0.39, 0.29) is 11.6 Å². The monoisotopic (exact) mass is 261 g/mol. The molecule has 0 bridgehead atoms. The average molecular weight is 261 g/mol. The molecule has 18 heavy (non-hydrogen) atoms. The van der Waals surface area contributed by atoms with Gasteiger partial charge in [0, 0.05) is 16.5 Å². The molecule has 6 heteroatoms. The van der Waals surface area contributed by atoms with E-state index in [1.165, 1.54) is 23.7 Å². The summed E-state index contributed by atoms with van der Waals surface area (Å²) < 4.78 is 4.61. The number of nitrogens with two attached hydrogens (primary N) is 1. The minimum atomic E-state index is -0.269. The number of rotatable bonds is 3.